The smallest absolute Gasteiger partial charge is 0.343 e. The largest absolute Gasteiger partial charge is 0.350 e. The zero-order valence-corrected chi connectivity index (χ0v) is 5.22. The van der Waals surface area contributed by atoms with Crippen LogP contribution in [0, 0.1) is 0 Å². The highest BCUT2D eigenvalue weighted by molar-refractivity contribution is 7.71. The van der Waals surface area contributed by atoms with Gasteiger partial charge in [-0.15, -0.1) is 3.82 Å². The Hall–Kier alpha value is -0.490. The van der Waals surface area contributed by atoms with E-state index in [4.69, 9.17) is 11.8 Å². The molecule has 0 fully saturated rings. The fraction of sp³-hybridized carbons (Fsp3) is 0. The Balaban J connectivity index is 4.04. The molecule has 7 heteroatoms. The van der Waals surface area contributed by atoms with Crippen LogP contribution in [0.25, 0.3) is 0 Å². The van der Waals surface area contributed by atoms with Crippen molar-refractivity contribution in [3.05, 3.63) is 0 Å². The maximum absolute atomic E-state index is 9.77. The molecule has 0 aromatic carbocycles. The topological polar surface area (TPSA) is 80.5 Å². The first-order valence-corrected chi connectivity index (χ1v) is 2.92. The van der Waals surface area contributed by atoms with Crippen molar-refractivity contribution in [3.63, 3.8) is 0 Å². The molecule has 0 bridgehead atoms. The van der Waals surface area contributed by atoms with Crippen molar-refractivity contribution in [2.45, 2.75) is 0 Å². The summed E-state index contributed by atoms with van der Waals surface area (Å²) in [5.74, 6) is 0. The highest BCUT2D eigenvalue weighted by atomic mass is 35.5. The summed E-state index contributed by atoms with van der Waals surface area (Å²) in [5.41, 5.74) is 4.41. The van der Waals surface area contributed by atoms with Gasteiger partial charge in [0.15, 0.2) is 0 Å². The summed E-state index contributed by atoms with van der Waals surface area (Å²) in [6.07, 6.45) is 0. The molecule has 0 saturated heterocycles. The van der Waals surface area contributed by atoms with Gasteiger partial charge in [0.25, 0.3) is 0 Å². The number of hydrogen-bond donors (Lipinski definition) is 2. The van der Waals surface area contributed by atoms with E-state index in [2.05, 4.69) is 5.73 Å². The third-order valence-electron chi connectivity index (χ3n) is 0.325. The molecule has 0 rings (SSSR count). The first kappa shape index (κ1) is 7.51. The predicted molar refractivity (Wildman–Crippen MR) is 27.6 cm³/mol. The van der Waals surface area contributed by atoms with E-state index in [-0.39, 0.29) is 3.82 Å². The van der Waals surface area contributed by atoms with Gasteiger partial charge >= 0.3 is 6.03 Å². The Bertz CT molecular complexity index is 157. The van der Waals surface area contributed by atoms with E-state index in [0.29, 0.717) is 0 Å². The highest BCUT2D eigenvalue weighted by Gasteiger charge is 2.05. The van der Waals surface area contributed by atoms with Gasteiger partial charge in [0, 0.05) is 11.8 Å². The lowest BCUT2D eigenvalue weighted by Gasteiger charge is -1.96. The summed E-state index contributed by atoms with van der Waals surface area (Å²) in [6.45, 7) is 0. The van der Waals surface area contributed by atoms with Crippen LogP contribution < -0.4 is 5.73 Å². The Kier molecular flexibility index (Phi) is 2.56. The minimum absolute atomic E-state index is 0.102. The van der Waals surface area contributed by atoms with E-state index in [1.165, 1.54) is 0 Å². The van der Waals surface area contributed by atoms with Gasteiger partial charge in [-0.25, -0.2) is 13.2 Å². The number of hydrogen-bond acceptors (Lipinski definition) is 3. The molecule has 0 saturated carbocycles. The molecule has 0 radical (unpaired) electrons. The number of rotatable bonds is 1. The van der Waals surface area contributed by atoms with Crippen LogP contribution in [0.5, 0.6) is 0 Å². The van der Waals surface area contributed by atoms with Crippen LogP contribution in [0.15, 0.2) is 0 Å². The van der Waals surface area contributed by atoms with Crippen molar-refractivity contribution in [3.8, 4) is 0 Å². The number of primary amides is 1. The van der Waals surface area contributed by atoms with Crippen molar-refractivity contribution in [1.29, 1.82) is 0 Å². The summed E-state index contributed by atoms with van der Waals surface area (Å²) >= 11 is 4.71. The average Bonchev–Trinajstić information content (AvgIpc) is 1.64. The van der Waals surface area contributed by atoms with Crippen molar-refractivity contribution in [2.75, 3.05) is 0 Å². The first-order valence-electron chi connectivity index (χ1n) is 1.45. The number of nitrogens with two attached hydrogens (primary N) is 1. The van der Waals surface area contributed by atoms with Crippen molar-refractivity contribution < 1.29 is 13.2 Å². The molecule has 0 spiro atoms. The fourth-order valence-corrected chi connectivity index (χ4v) is 0.241. The van der Waals surface area contributed by atoms with E-state index in [9.17, 15) is 13.2 Å². The maximum Gasteiger partial charge on any atom is 0.343 e. The Labute approximate surface area is 52.2 Å². The van der Waals surface area contributed by atoms with E-state index in [1.807, 2.05) is 0 Å². The maximum atomic E-state index is 9.77. The second-order valence-electron chi connectivity index (χ2n) is 0.836. The second kappa shape index (κ2) is 2.73. The monoisotopic (exact) mass is 158 g/mol. The molecule has 8 heavy (non-hydrogen) atoms. The second-order valence-corrected chi connectivity index (χ2v) is 2.29. The quantitative estimate of drug-likeness (QED) is 0.381. The number of carbonyl (C=O) groups excluding carboxylic acids is 1. The van der Waals surface area contributed by atoms with Crippen LogP contribution in [-0.4, -0.2) is 18.3 Å². The third-order valence-corrected chi connectivity index (χ3v) is 1.35. The molecule has 0 aliphatic rings. The first-order chi connectivity index (χ1) is 3.55. The lowest BCUT2D eigenvalue weighted by atomic mass is 11.2. The molecule has 5 nitrogen and oxygen atoms in total. The van der Waals surface area contributed by atoms with Crippen molar-refractivity contribution in [1.82, 2.24) is 3.82 Å². The summed E-state index contributed by atoms with van der Waals surface area (Å²) in [7, 11) is -3.08. The van der Waals surface area contributed by atoms with Gasteiger partial charge in [0.1, 0.15) is 0 Å². The molecule has 0 aromatic heterocycles. The number of urea groups is 1. The third kappa shape index (κ3) is 1.99. The predicted octanol–water partition coefficient (Wildman–Crippen LogP) is -0.953. The number of nitrogens with zero attached hydrogens (tertiary/aromatic N) is 1. The average molecular weight is 159 g/mol. The Morgan fingerprint density at radius 2 is 2.00 bits per heavy atom. The van der Waals surface area contributed by atoms with Gasteiger partial charge in [-0.05, 0) is 0 Å². The van der Waals surface area contributed by atoms with Crippen LogP contribution in [0.1, 0.15) is 0 Å². The van der Waals surface area contributed by atoms with E-state index < -0.39 is 16.9 Å². The number of amides is 2. The van der Waals surface area contributed by atoms with Crippen LogP contribution in [-0.2, 0) is 10.9 Å². The zero-order chi connectivity index (χ0) is 6.73. The molecule has 0 aliphatic carbocycles. The molecule has 48 valence electrons. The molecule has 0 unspecified atom stereocenters. The molecular formula is CH3ClN2O3S. The van der Waals surface area contributed by atoms with Crippen LogP contribution >= 0.6 is 11.8 Å². The van der Waals surface area contributed by atoms with Gasteiger partial charge in [-0.1, -0.05) is 0 Å². The van der Waals surface area contributed by atoms with Gasteiger partial charge in [0.2, 0.25) is 10.9 Å². The molecule has 2 amide bonds. The van der Waals surface area contributed by atoms with Gasteiger partial charge in [-0.2, -0.15) is 0 Å². The van der Waals surface area contributed by atoms with E-state index >= 15 is 0 Å². The molecule has 2 N–H and O–H groups in total. The number of carbonyl (C=O) groups is 1. The Morgan fingerprint density at radius 1 is 1.62 bits per heavy atom. The van der Waals surface area contributed by atoms with Crippen LogP contribution in [0.4, 0.5) is 4.79 Å². The summed E-state index contributed by atoms with van der Waals surface area (Å²) < 4.78 is 19.2. The molecular weight excluding hydrogens is 156 g/mol. The number of thiol groups is 1. The highest BCUT2D eigenvalue weighted by Crippen LogP contribution is 1.89. The van der Waals surface area contributed by atoms with E-state index in [1.54, 1.807) is 0 Å². The molecule has 0 aromatic rings. The summed E-state index contributed by atoms with van der Waals surface area (Å²) in [6, 6.07) is -1.21. The summed E-state index contributed by atoms with van der Waals surface area (Å²) in [5, 5.41) is 0. The minimum Gasteiger partial charge on any atom is -0.350 e. The Morgan fingerprint density at radius 3 is 2.00 bits per heavy atom. The normalized spacial score (nSPS) is 9.25. The zero-order valence-electron chi connectivity index (χ0n) is 3.57. The van der Waals surface area contributed by atoms with Crippen molar-refractivity contribution in [2.24, 2.45) is 5.73 Å². The lowest BCUT2D eigenvalue weighted by molar-refractivity contribution is 0.245. The SMILES string of the molecule is NC(=O)N(Cl)[SH](=O)=O. The number of halogens is 1. The standard InChI is InChI=1S/CH3ClN2O3S/c2-4(1(3)5)8(6)7/h8H,(H2,3,5). The van der Waals surface area contributed by atoms with Crippen LogP contribution in [0.3, 0.4) is 0 Å². The van der Waals surface area contributed by atoms with Crippen LogP contribution in [0.2, 0.25) is 0 Å². The summed E-state index contributed by atoms with van der Waals surface area (Å²) in [4.78, 5) is 9.77. The van der Waals surface area contributed by atoms with Crippen molar-refractivity contribution >= 4 is 28.7 Å². The molecule has 0 aliphatic heterocycles. The van der Waals surface area contributed by atoms with Gasteiger partial charge < -0.3 is 5.73 Å². The fourth-order valence-electron chi connectivity index (χ4n) is 0.0805. The lowest BCUT2D eigenvalue weighted by Crippen LogP contribution is -2.25. The van der Waals surface area contributed by atoms with Gasteiger partial charge in [-0.3, -0.25) is 0 Å². The van der Waals surface area contributed by atoms with Gasteiger partial charge in [0.05, 0.1) is 0 Å². The van der Waals surface area contributed by atoms with E-state index in [0.717, 1.165) is 0 Å². The molecule has 0 heterocycles. The molecule has 0 atom stereocenters. The minimum atomic E-state index is -3.08.